The van der Waals surface area contributed by atoms with Gasteiger partial charge in [-0.25, -0.2) is 4.79 Å². The Bertz CT molecular complexity index is 1060. The van der Waals surface area contributed by atoms with Crippen LogP contribution >= 0.6 is 0 Å². The van der Waals surface area contributed by atoms with E-state index in [0.29, 0.717) is 0 Å². The molecule has 2 saturated heterocycles. The molecule has 5 heterocycles. The molecule has 0 saturated carbocycles. The van der Waals surface area contributed by atoms with Crippen LogP contribution in [0.5, 0.6) is 0 Å². The summed E-state index contributed by atoms with van der Waals surface area (Å²) < 4.78 is 20.1. The molecule has 2 aliphatic heterocycles. The second-order valence-electron chi connectivity index (χ2n) is 7.80. The summed E-state index contributed by atoms with van der Waals surface area (Å²) in [6.07, 6.45) is 3.07. The van der Waals surface area contributed by atoms with Crippen LogP contribution < -0.4 is 11.2 Å². The van der Waals surface area contributed by atoms with Crippen LogP contribution in [0, 0.1) is 0 Å². The van der Waals surface area contributed by atoms with Crippen LogP contribution in [0.3, 0.4) is 0 Å². The number of fused-ring (bicyclic) bond motifs is 1. The van der Waals surface area contributed by atoms with Crippen LogP contribution in [0.1, 0.15) is 37.4 Å². The van der Waals surface area contributed by atoms with Crippen molar-refractivity contribution < 1.29 is 14.2 Å². The number of hydrogen-bond donors (Lipinski definition) is 3. The molecule has 2 aliphatic rings. The highest BCUT2D eigenvalue weighted by molar-refractivity contribution is 5.27. The van der Waals surface area contributed by atoms with Crippen LogP contribution in [0.15, 0.2) is 58.5 Å². The van der Waals surface area contributed by atoms with E-state index < -0.39 is 41.6 Å². The van der Waals surface area contributed by atoms with E-state index in [1.165, 1.54) is 16.8 Å². The first kappa shape index (κ1) is 18.2. The lowest BCUT2D eigenvalue weighted by atomic mass is 9.91. The highest BCUT2D eigenvalue weighted by atomic mass is 16.8. The summed E-state index contributed by atoms with van der Waals surface area (Å²) in [4.78, 5) is 32.7. The predicted molar refractivity (Wildman–Crippen MR) is 102 cm³/mol. The highest BCUT2D eigenvalue weighted by Gasteiger charge is 2.58. The molecule has 9 heteroatoms. The molecule has 9 nitrogen and oxygen atoms in total. The maximum absolute atomic E-state index is 12.4. The summed E-state index contributed by atoms with van der Waals surface area (Å²) in [7, 11) is 0. The molecule has 0 aromatic carbocycles. The molecule has 0 radical (unpaired) electrons. The van der Waals surface area contributed by atoms with E-state index in [2.05, 4.69) is 15.0 Å². The van der Waals surface area contributed by atoms with E-state index in [1.54, 1.807) is 0 Å². The van der Waals surface area contributed by atoms with Gasteiger partial charge in [0.1, 0.15) is 18.3 Å². The fourth-order valence-electron chi connectivity index (χ4n) is 4.32. The Morgan fingerprint density at radius 1 is 1.00 bits per heavy atom. The molecule has 0 bridgehead atoms. The molecule has 0 amide bonds. The van der Waals surface area contributed by atoms with Crippen molar-refractivity contribution in [1.29, 1.82) is 0 Å². The van der Waals surface area contributed by atoms with Gasteiger partial charge in [-0.2, -0.15) is 0 Å². The number of H-pyrrole nitrogens is 3. The van der Waals surface area contributed by atoms with Crippen molar-refractivity contribution in [1.82, 2.24) is 19.5 Å². The molecule has 5 rings (SSSR count). The standard InChI is InChI=1S/C20H22N4O5/c1-20(2)28-16-15(14(11-5-3-8-21-11)12-6-4-9-22-12)27-18(17(16)29-20)24-10-7-13(25)23-19(24)26/h3-10,14-18,21-22H,1-2H3,(H,23,25,26)/t15-,16-,17-,18-/m1/s1. The van der Waals surface area contributed by atoms with Gasteiger partial charge in [-0.15, -0.1) is 0 Å². The second kappa shape index (κ2) is 6.58. The first-order valence-electron chi connectivity index (χ1n) is 9.52. The van der Waals surface area contributed by atoms with Crippen LogP contribution in [0.4, 0.5) is 0 Å². The van der Waals surface area contributed by atoms with E-state index in [1.807, 2.05) is 50.5 Å². The quantitative estimate of drug-likeness (QED) is 0.615. The van der Waals surface area contributed by atoms with Crippen molar-refractivity contribution in [2.24, 2.45) is 0 Å². The first-order chi connectivity index (χ1) is 13.9. The zero-order valence-corrected chi connectivity index (χ0v) is 16.0. The van der Waals surface area contributed by atoms with Gasteiger partial charge in [0.15, 0.2) is 12.0 Å². The Labute approximate surface area is 165 Å². The average Bonchev–Trinajstić information content (AvgIpc) is 3.43. The lowest BCUT2D eigenvalue weighted by molar-refractivity contribution is -0.198. The van der Waals surface area contributed by atoms with Gasteiger partial charge in [-0.1, -0.05) is 0 Å². The van der Waals surface area contributed by atoms with E-state index in [0.717, 1.165) is 11.4 Å². The van der Waals surface area contributed by atoms with Gasteiger partial charge in [-0.05, 0) is 38.1 Å². The Morgan fingerprint density at radius 3 is 2.24 bits per heavy atom. The van der Waals surface area contributed by atoms with Gasteiger partial charge in [0.2, 0.25) is 0 Å². The highest BCUT2D eigenvalue weighted by Crippen LogP contribution is 2.47. The largest absolute Gasteiger partial charge is 0.364 e. The monoisotopic (exact) mass is 398 g/mol. The smallest absolute Gasteiger partial charge is 0.330 e. The van der Waals surface area contributed by atoms with Crippen molar-refractivity contribution >= 4 is 0 Å². The van der Waals surface area contributed by atoms with E-state index >= 15 is 0 Å². The number of nitrogens with one attached hydrogen (secondary N) is 3. The maximum Gasteiger partial charge on any atom is 0.330 e. The third-order valence-electron chi connectivity index (χ3n) is 5.43. The number of rotatable bonds is 4. The zero-order chi connectivity index (χ0) is 20.2. The molecule has 152 valence electrons. The lowest BCUT2D eigenvalue weighted by Crippen LogP contribution is -2.37. The molecular weight excluding hydrogens is 376 g/mol. The number of aromatic nitrogens is 4. The van der Waals surface area contributed by atoms with Crippen LogP contribution in [0.2, 0.25) is 0 Å². The van der Waals surface area contributed by atoms with Crippen molar-refractivity contribution in [3.63, 3.8) is 0 Å². The molecule has 4 atom stereocenters. The Hall–Kier alpha value is -2.88. The van der Waals surface area contributed by atoms with Gasteiger partial charge in [-0.3, -0.25) is 14.3 Å². The minimum atomic E-state index is -0.822. The minimum Gasteiger partial charge on any atom is -0.364 e. The van der Waals surface area contributed by atoms with Crippen LogP contribution in [0.25, 0.3) is 0 Å². The molecule has 0 spiro atoms. The second-order valence-corrected chi connectivity index (χ2v) is 7.80. The third kappa shape index (κ3) is 3.07. The molecule has 3 aromatic heterocycles. The van der Waals surface area contributed by atoms with Crippen molar-refractivity contribution in [2.75, 3.05) is 0 Å². The SMILES string of the molecule is CC1(C)O[C@@H]2[C@H](O1)[C@@H](C(c1ccc[nH]1)c1ccc[nH]1)O[C@H]2n1ccc(=O)[nH]c1=O. The van der Waals surface area contributed by atoms with Crippen LogP contribution in [-0.2, 0) is 14.2 Å². The summed E-state index contributed by atoms with van der Waals surface area (Å²) in [6.45, 7) is 3.68. The molecule has 29 heavy (non-hydrogen) atoms. The van der Waals surface area contributed by atoms with Crippen molar-refractivity contribution in [3.05, 3.63) is 81.1 Å². The van der Waals surface area contributed by atoms with E-state index in [4.69, 9.17) is 14.2 Å². The first-order valence-corrected chi connectivity index (χ1v) is 9.52. The maximum atomic E-state index is 12.4. The lowest BCUT2D eigenvalue weighted by Gasteiger charge is -2.28. The predicted octanol–water partition coefficient (Wildman–Crippen LogP) is 1.44. The van der Waals surface area contributed by atoms with Crippen molar-refractivity contribution in [2.45, 2.75) is 50.1 Å². The van der Waals surface area contributed by atoms with Crippen molar-refractivity contribution in [3.8, 4) is 0 Å². The topological polar surface area (TPSA) is 114 Å². The van der Waals surface area contributed by atoms with E-state index in [9.17, 15) is 9.59 Å². The molecule has 3 N–H and O–H groups in total. The summed E-state index contributed by atoms with van der Waals surface area (Å²) >= 11 is 0. The zero-order valence-electron chi connectivity index (χ0n) is 16.0. The molecule has 2 fully saturated rings. The normalized spacial score (nSPS) is 28.1. The molecule has 3 aromatic rings. The third-order valence-corrected chi connectivity index (χ3v) is 5.43. The molecule has 0 unspecified atom stereocenters. The molecule has 0 aliphatic carbocycles. The Balaban J connectivity index is 1.59. The van der Waals surface area contributed by atoms with Gasteiger partial charge in [0.05, 0.1) is 5.92 Å². The molecular formula is C20H22N4O5. The number of hydrogen-bond acceptors (Lipinski definition) is 5. The number of ether oxygens (including phenoxy) is 3. The summed E-state index contributed by atoms with van der Waals surface area (Å²) in [5.41, 5.74) is 0.904. The van der Waals surface area contributed by atoms with Gasteiger partial charge < -0.3 is 24.2 Å². The fourth-order valence-corrected chi connectivity index (χ4v) is 4.32. The average molecular weight is 398 g/mol. The minimum absolute atomic E-state index is 0.187. The van der Waals surface area contributed by atoms with Crippen LogP contribution in [-0.4, -0.2) is 43.6 Å². The van der Waals surface area contributed by atoms with E-state index in [-0.39, 0.29) is 5.92 Å². The Kier molecular flexibility index (Phi) is 4.12. The Morgan fingerprint density at radius 2 is 1.66 bits per heavy atom. The summed E-state index contributed by atoms with van der Waals surface area (Å²) in [6, 6.07) is 9.13. The van der Waals surface area contributed by atoms with Gasteiger partial charge in [0.25, 0.3) is 5.56 Å². The van der Waals surface area contributed by atoms with Gasteiger partial charge >= 0.3 is 5.69 Å². The summed E-state index contributed by atoms with van der Waals surface area (Å²) in [5, 5.41) is 0. The number of nitrogens with zero attached hydrogens (tertiary/aromatic N) is 1. The van der Waals surface area contributed by atoms with Gasteiger partial charge in [0, 0.05) is 36.0 Å². The fraction of sp³-hybridized carbons (Fsp3) is 0.400. The summed E-state index contributed by atoms with van der Waals surface area (Å²) in [5.74, 6) is -1.01. The number of aromatic amines is 3.